The largest absolute Gasteiger partial charge is 0.496 e. The van der Waals surface area contributed by atoms with Crippen LogP contribution in [0.15, 0.2) is 65.1 Å². The fourth-order valence-electron chi connectivity index (χ4n) is 4.64. The van der Waals surface area contributed by atoms with Gasteiger partial charge in [-0.25, -0.2) is 0 Å². The normalized spacial score (nSPS) is 12.1. The first-order chi connectivity index (χ1) is 18.7. The monoisotopic (exact) mass is 526 g/mol. The van der Waals surface area contributed by atoms with Crippen molar-refractivity contribution in [3.8, 4) is 22.8 Å². The van der Waals surface area contributed by atoms with Gasteiger partial charge >= 0.3 is 5.97 Å². The molecule has 0 saturated heterocycles. The quantitative estimate of drug-likeness (QED) is 0.163. The van der Waals surface area contributed by atoms with Gasteiger partial charge < -0.3 is 18.6 Å². The second-order valence-corrected chi connectivity index (χ2v) is 9.74. The van der Waals surface area contributed by atoms with Crippen LogP contribution in [-0.2, 0) is 20.7 Å². The highest BCUT2D eigenvalue weighted by molar-refractivity contribution is 6.00. The molecule has 202 valence electrons. The number of carbonyl (C=O) groups excluding carboxylic acids is 2. The first kappa shape index (κ1) is 27.7. The summed E-state index contributed by atoms with van der Waals surface area (Å²) in [6.45, 7) is 6.09. The fraction of sp³-hybridized carbons (Fsp3) is 0.273. The maximum Gasteiger partial charge on any atom is 0.309 e. The van der Waals surface area contributed by atoms with E-state index in [4.69, 9.17) is 18.6 Å². The molecule has 0 spiro atoms. The Hall–Kier alpha value is -4.32. The molecule has 0 fully saturated rings. The van der Waals surface area contributed by atoms with E-state index >= 15 is 0 Å². The van der Waals surface area contributed by atoms with Crippen LogP contribution in [-0.4, -0.2) is 33.1 Å². The van der Waals surface area contributed by atoms with Crippen molar-refractivity contribution in [3.05, 3.63) is 88.5 Å². The second kappa shape index (κ2) is 12.0. The summed E-state index contributed by atoms with van der Waals surface area (Å²) in [7, 11) is 4.55. The molecule has 0 aliphatic rings. The number of rotatable bonds is 10. The minimum Gasteiger partial charge on any atom is -0.496 e. The third kappa shape index (κ3) is 6.23. The van der Waals surface area contributed by atoms with Crippen LogP contribution in [0.25, 0.3) is 28.4 Å². The van der Waals surface area contributed by atoms with Crippen LogP contribution in [0.4, 0.5) is 0 Å². The fourth-order valence-corrected chi connectivity index (χ4v) is 4.64. The summed E-state index contributed by atoms with van der Waals surface area (Å²) in [5, 5.41) is 0.836. The summed E-state index contributed by atoms with van der Waals surface area (Å²) < 4.78 is 22.1. The van der Waals surface area contributed by atoms with Gasteiger partial charge in [0.05, 0.1) is 27.2 Å². The molecule has 39 heavy (non-hydrogen) atoms. The van der Waals surface area contributed by atoms with Gasteiger partial charge in [0.15, 0.2) is 17.1 Å². The van der Waals surface area contributed by atoms with Gasteiger partial charge in [-0.05, 0) is 85.4 Å². The minimum absolute atomic E-state index is 0.0257. The van der Waals surface area contributed by atoms with Crippen molar-refractivity contribution >= 4 is 28.8 Å². The zero-order valence-corrected chi connectivity index (χ0v) is 23.3. The van der Waals surface area contributed by atoms with Crippen molar-refractivity contribution < 1.29 is 28.2 Å². The van der Waals surface area contributed by atoms with Gasteiger partial charge in [-0.1, -0.05) is 36.4 Å². The number of ketones is 1. The molecule has 0 bridgehead atoms. The number of esters is 1. The van der Waals surface area contributed by atoms with E-state index in [2.05, 4.69) is 26.0 Å². The molecule has 0 N–H and O–H groups in total. The number of ether oxygens (including phenoxy) is 3. The van der Waals surface area contributed by atoms with Crippen LogP contribution in [0.1, 0.15) is 34.2 Å². The van der Waals surface area contributed by atoms with Crippen molar-refractivity contribution in [2.75, 3.05) is 21.3 Å². The SMILES string of the molecule is COC(=O)[C@H](CC(=O)/C=C/c1ccc(OC)c2oc(-c3ccc(C)c(C)c3)cc12)Cc1ccc(C)c(OC)c1. The number of aryl methyl sites for hydroxylation is 3. The van der Waals surface area contributed by atoms with Crippen LogP contribution < -0.4 is 9.47 Å². The number of carbonyl (C=O) groups is 2. The Morgan fingerprint density at radius 3 is 2.28 bits per heavy atom. The number of hydrogen-bond donors (Lipinski definition) is 0. The first-order valence-corrected chi connectivity index (χ1v) is 12.8. The van der Waals surface area contributed by atoms with Gasteiger partial charge in [0.25, 0.3) is 0 Å². The second-order valence-electron chi connectivity index (χ2n) is 9.74. The van der Waals surface area contributed by atoms with Gasteiger partial charge in [-0.2, -0.15) is 0 Å². The van der Waals surface area contributed by atoms with Gasteiger partial charge in [-0.3, -0.25) is 9.59 Å². The highest BCUT2D eigenvalue weighted by atomic mass is 16.5. The number of furan rings is 1. The van der Waals surface area contributed by atoms with Gasteiger partial charge in [0.1, 0.15) is 11.5 Å². The standard InChI is InChI=1S/C33H34O6/c1-20-8-10-25(15-22(20)3)31-19-28-24(12-14-29(36-4)32(28)39-31)11-13-27(34)18-26(33(35)38-6)16-23-9-7-21(2)30(17-23)37-5/h7-15,17,19,26H,16,18H2,1-6H3/b13-11+/t26-/m0/s1. The molecule has 4 aromatic rings. The average Bonchev–Trinajstić information content (AvgIpc) is 3.39. The van der Waals surface area contributed by atoms with Crippen LogP contribution in [0, 0.1) is 26.7 Å². The molecule has 4 rings (SSSR count). The molecular weight excluding hydrogens is 492 g/mol. The Kier molecular flexibility index (Phi) is 8.55. The zero-order valence-electron chi connectivity index (χ0n) is 23.3. The zero-order chi connectivity index (χ0) is 28.1. The van der Waals surface area contributed by atoms with E-state index < -0.39 is 11.9 Å². The van der Waals surface area contributed by atoms with Crippen LogP contribution in [0.5, 0.6) is 11.5 Å². The lowest BCUT2D eigenvalue weighted by atomic mass is 9.93. The topological polar surface area (TPSA) is 75.0 Å². The van der Waals surface area contributed by atoms with Crippen molar-refractivity contribution in [3.63, 3.8) is 0 Å². The Bertz CT molecular complexity index is 1540. The van der Waals surface area contributed by atoms with Crippen LogP contribution in [0.2, 0.25) is 0 Å². The van der Waals surface area contributed by atoms with Crippen molar-refractivity contribution in [1.82, 2.24) is 0 Å². The smallest absolute Gasteiger partial charge is 0.309 e. The third-order valence-electron chi connectivity index (χ3n) is 7.08. The molecule has 1 atom stereocenters. The molecule has 6 heteroatoms. The summed E-state index contributed by atoms with van der Waals surface area (Å²) in [4.78, 5) is 25.5. The first-order valence-electron chi connectivity index (χ1n) is 12.8. The summed E-state index contributed by atoms with van der Waals surface area (Å²) in [6, 6.07) is 17.6. The Morgan fingerprint density at radius 2 is 1.59 bits per heavy atom. The number of benzene rings is 3. The summed E-state index contributed by atoms with van der Waals surface area (Å²) in [5.74, 6) is 0.870. The van der Waals surface area contributed by atoms with Gasteiger partial charge in [0.2, 0.25) is 0 Å². The predicted octanol–water partition coefficient (Wildman–Crippen LogP) is 7.05. The maximum absolute atomic E-state index is 13.0. The average molecular weight is 527 g/mol. The van der Waals surface area contributed by atoms with Gasteiger partial charge in [0, 0.05) is 17.4 Å². The molecular formula is C33H34O6. The molecule has 1 aromatic heterocycles. The van der Waals surface area contributed by atoms with E-state index in [1.807, 2.05) is 49.4 Å². The van der Waals surface area contributed by atoms with Crippen molar-refractivity contribution in [1.29, 1.82) is 0 Å². The molecule has 0 amide bonds. The van der Waals surface area contributed by atoms with E-state index in [1.54, 1.807) is 20.3 Å². The molecule has 0 saturated carbocycles. The molecule has 0 unspecified atom stereocenters. The number of allylic oxidation sites excluding steroid dienone is 1. The summed E-state index contributed by atoms with van der Waals surface area (Å²) >= 11 is 0. The Morgan fingerprint density at radius 1 is 0.846 bits per heavy atom. The van der Waals surface area contributed by atoms with Gasteiger partial charge in [-0.15, -0.1) is 0 Å². The van der Waals surface area contributed by atoms with Crippen LogP contribution >= 0.6 is 0 Å². The Labute approximate surface area is 229 Å². The molecule has 3 aromatic carbocycles. The van der Waals surface area contributed by atoms with E-state index in [1.165, 1.54) is 24.3 Å². The lowest BCUT2D eigenvalue weighted by Crippen LogP contribution is -2.21. The summed E-state index contributed by atoms with van der Waals surface area (Å²) in [6.07, 6.45) is 3.66. The lowest BCUT2D eigenvalue weighted by molar-refractivity contribution is -0.146. The highest BCUT2D eigenvalue weighted by Gasteiger charge is 2.23. The molecule has 0 aliphatic carbocycles. The van der Waals surface area contributed by atoms with E-state index in [0.29, 0.717) is 17.8 Å². The number of fused-ring (bicyclic) bond motifs is 1. The van der Waals surface area contributed by atoms with E-state index in [0.717, 1.165) is 39.1 Å². The number of hydrogen-bond acceptors (Lipinski definition) is 6. The third-order valence-corrected chi connectivity index (χ3v) is 7.08. The number of methoxy groups -OCH3 is 3. The molecule has 0 radical (unpaired) electrons. The van der Waals surface area contributed by atoms with E-state index in [-0.39, 0.29) is 12.2 Å². The minimum atomic E-state index is -0.610. The summed E-state index contributed by atoms with van der Waals surface area (Å²) in [5.41, 5.74) is 6.68. The Balaban J connectivity index is 1.58. The van der Waals surface area contributed by atoms with Crippen LogP contribution in [0.3, 0.4) is 0 Å². The lowest BCUT2D eigenvalue weighted by Gasteiger charge is -2.14. The molecule has 0 aliphatic heterocycles. The molecule has 6 nitrogen and oxygen atoms in total. The van der Waals surface area contributed by atoms with Crippen molar-refractivity contribution in [2.24, 2.45) is 5.92 Å². The molecule has 1 heterocycles. The predicted molar refractivity (Wildman–Crippen MR) is 153 cm³/mol. The highest BCUT2D eigenvalue weighted by Crippen LogP contribution is 2.36. The van der Waals surface area contributed by atoms with E-state index in [9.17, 15) is 9.59 Å². The maximum atomic E-state index is 13.0. The van der Waals surface area contributed by atoms with Crippen molar-refractivity contribution in [2.45, 2.75) is 33.6 Å².